The van der Waals surface area contributed by atoms with Crippen molar-refractivity contribution in [3.8, 4) is 16.9 Å². The molecule has 2 aromatic carbocycles. The molecule has 144 valence electrons. The second kappa shape index (κ2) is 7.78. The summed E-state index contributed by atoms with van der Waals surface area (Å²) in [5.41, 5.74) is 5.27. The Bertz CT molecular complexity index is 1190. The second-order valence-corrected chi connectivity index (χ2v) is 7.85. The van der Waals surface area contributed by atoms with Gasteiger partial charge in [-0.1, -0.05) is 31.2 Å². The van der Waals surface area contributed by atoms with E-state index in [1.807, 2.05) is 24.4 Å². The largest absolute Gasteiger partial charge is 0.496 e. The Morgan fingerprint density at radius 2 is 1.96 bits per heavy atom. The minimum absolute atomic E-state index is 0.0320. The Labute approximate surface area is 168 Å². The lowest BCUT2D eigenvalue weighted by Crippen LogP contribution is -2.15. The molecular weight excluding hydrogens is 368 g/mol. The lowest BCUT2D eigenvalue weighted by Gasteiger charge is -2.16. The Morgan fingerprint density at radius 3 is 2.68 bits per heavy atom. The molecule has 0 aliphatic heterocycles. The van der Waals surface area contributed by atoms with E-state index in [0.29, 0.717) is 0 Å². The number of fused-ring (bicyclic) bond motifs is 3. The van der Waals surface area contributed by atoms with Gasteiger partial charge in [-0.05, 0) is 60.6 Å². The fourth-order valence-corrected chi connectivity index (χ4v) is 4.56. The zero-order valence-corrected chi connectivity index (χ0v) is 17.2. The molecular formula is C23H24N2O2S. The van der Waals surface area contributed by atoms with E-state index in [9.17, 15) is 4.79 Å². The van der Waals surface area contributed by atoms with Crippen molar-refractivity contribution in [2.45, 2.75) is 20.3 Å². The maximum atomic E-state index is 12.5. The third-order valence-corrected chi connectivity index (χ3v) is 6.08. The highest BCUT2D eigenvalue weighted by molar-refractivity contribution is 7.17. The molecule has 0 unspecified atom stereocenters. The summed E-state index contributed by atoms with van der Waals surface area (Å²) in [4.78, 5) is 15.6. The molecule has 2 N–H and O–H groups in total. The number of hydrogen-bond acceptors (Lipinski definition) is 4. The van der Waals surface area contributed by atoms with Crippen molar-refractivity contribution in [2.24, 2.45) is 0 Å². The Hall–Kier alpha value is -2.63. The summed E-state index contributed by atoms with van der Waals surface area (Å²) < 4.78 is 6.51. The highest BCUT2D eigenvalue weighted by Gasteiger charge is 2.18. The molecule has 0 aliphatic carbocycles. The van der Waals surface area contributed by atoms with Gasteiger partial charge in [0, 0.05) is 16.3 Å². The highest BCUT2D eigenvalue weighted by Crippen LogP contribution is 2.41. The van der Waals surface area contributed by atoms with Gasteiger partial charge in [-0.25, -0.2) is 0 Å². The van der Waals surface area contributed by atoms with E-state index in [2.05, 4.69) is 41.5 Å². The Balaban J connectivity index is 1.94. The van der Waals surface area contributed by atoms with E-state index >= 15 is 0 Å². The standard InChI is InChI=1S/C23H24N2O2S/c1-4-24-11-9-15-5-7-16(8-6-15)19-18(27-3)13-14(2)21-20(19)17-10-12-28-22(17)23(26)25-21/h5-8,10,12-13,24H,4,9,11H2,1-3H3,(H,25,26). The van der Waals surface area contributed by atoms with E-state index in [4.69, 9.17) is 4.74 Å². The van der Waals surface area contributed by atoms with Gasteiger partial charge < -0.3 is 15.0 Å². The van der Waals surface area contributed by atoms with Gasteiger partial charge in [-0.15, -0.1) is 11.3 Å². The van der Waals surface area contributed by atoms with Gasteiger partial charge in [-0.3, -0.25) is 4.79 Å². The molecule has 0 aliphatic rings. The first-order chi connectivity index (χ1) is 13.6. The molecule has 2 heterocycles. The lowest BCUT2D eigenvalue weighted by molar-refractivity contribution is 0.416. The van der Waals surface area contributed by atoms with Gasteiger partial charge in [0.2, 0.25) is 0 Å². The molecule has 0 saturated heterocycles. The summed E-state index contributed by atoms with van der Waals surface area (Å²) in [5.74, 6) is 0.824. The van der Waals surface area contributed by atoms with Crippen molar-refractivity contribution in [1.29, 1.82) is 0 Å². The number of benzene rings is 2. The fraction of sp³-hybridized carbons (Fsp3) is 0.261. The topological polar surface area (TPSA) is 54.1 Å². The number of ether oxygens (including phenoxy) is 1. The van der Waals surface area contributed by atoms with Gasteiger partial charge in [0.15, 0.2) is 0 Å². The summed E-state index contributed by atoms with van der Waals surface area (Å²) in [7, 11) is 1.70. The number of aryl methyl sites for hydroxylation is 1. The second-order valence-electron chi connectivity index (χ2n) is 6.94. The van der Waals surface area contributed by atoms with Crippen molar-refractivity contribution in [3.05, 3.63) is 63.3 Å². The molecule has 0 fully saturated rings. The van der Waals surface area contributed by atoms with Crippen LogP contribution in [0.4, 0.5) is 0 Å². The van der Waals surface area contributed by atoms with Crippen LogP contribution in [0.1, 0.15) is 18.1 Å². The van der Waals surface area contributed by atoms with Gasteiger partial charge in [-0.2, -0.15) is 0 Å². The van der Waals surface area contributed by atoms with Crippen LogP contribution in [-0.2, 0) is 6.42 Å². The number of pyridine rings is 1. The Morgan fingerprint density at radius 1 is 1.18 bits per heavy atom. The molecule has 0 saturated carbocycles. The van der Waals surface area contributed by atoms with E-state index < -0.39 is 0 Å². The number of hydrogen-bond donors (Lipinski definition) is 2. The number of thiophene rings is 1. The van der Waals surface area contributed by atoms with Crippen molar-refractivity contribution >= 4 is 32.3 Å². The van der Waals surface area contributed by atoms with E-state index in [0.717, 1.165) is 62.9 Å². The van der Waals surface area contributed by atoms with Gasteiger partial charge in [0.25, 0.3) is 5.56 Å². The van der Waals surface area contributed by atoms with Gasteiger partial charge in [0.1, 0.15) is 10.4 Å². The third-order valence-electron chi connectivity index (χ3n) is 5.17. The average molecular weight is 393 g/mol. The first-order valence-electron chi connectivity index (χ1n) is 9.54. The number of H-pyrrole nitrogens is 1. The van der Waals surface area contributed by atoms with E-state index in [-0.39, 0.29) is 5.56 Å². The van der Waals surface area contributed by atoms with Crippen molar-refractivity contribution < 1.29 is 4.74 Å². The maximum Gasteiger partial charge on any atom is 0.266 e. The summed E-state index contributed by atoms with van der Waals surface area (Å²) in [6.07, 6.45) is 1.00. The minimum Gasteiger partial charge on any atom is -0.496 e. The quantitative estimate of drug-likeness (QED) is 0.460. The number of rotatable bonds is 6. The molecule has 0 bridgehead atoms. The lowest BCUT2D eigenvalue weighted by atomic mass is 9.94. The monoisotopic (exact) mass is 392 g/mol. The van der Waals surface area contributed by atoms with Crippen molar-refractivity contribution in [3.63, 3.8) is 0 Å². The predicted octanol–water partition coefficient (Wildman–Crippen LogP) is 4.88. The van der Waals surface area contributed by atoms with Crippen LogP contribution in [0.5, 0.6) is 5.75 Å². The summed E-state index contributed by atoms with van der Waals surface area (Å²) in [6, 6.07) is 12.7. The smallest absolute Gasteiger partial charge is 0.266 e. The maximum absolute atomic E-state index is 12.5. The zero-order chi connectivity index (χ0) is 19.7. The summed E-state index contributed by atoms with van der Waals surface area (Å²) in [6.45, 7) is 6.09. The van der Waals surface area contributed by atoms with Crippen LogP contribution in [0.15, 0.2) is 46.6 Å². The number of methoxy groups -OCH3 is 1. The molecule has 4 nitrogen and oxygen atoms in total. The van der Waals surface area contributed by atoms with Crippen molar-refractivity contribution in [2.75, 3.05) is 20.2 Å². The van der Waals surface area contributed by atoms with Gasteiger partial charge in [0.05, 0.1) is 12.6 Å². The van der Waals surface area contributed by atoms with Crippen LogP contribution in [0.2, 0.25) is 0 Å². The van der Waals surface area contributed by atoms with Gasteiger partial charge >= 0.3 is 0 Å². The van der Waals surface area contributed by atoms with E-state index in [1.54, 1.807) is 7.11 Å². The molecule has 28 heavy (non-hydrogen) atoms. The molecule has 0 amide bonds. The molecule has 4 aromatic rings. The number of aromatic nitrogens is 1. The van der Waals surface area contributed by atoms with Crippen LogP contribution < -0.4 is 15.6 Å². The number of nitrogens with one attached hydrogen (secondary N) is 2. The molecule has 2 aromatic heterocycles. The molecule has 4 rings (SSSR count). The number of likely N-dealkylation sites (N-methyl/N-ethyl adjacent to an activating group) is 1. The normalized spacial score (nSPS) is 11.4. The van der Waals surface area contributed by atoms with Crippen LogP contribution in [0.3, 0.4) is 0 Å². The summed E-state index contributed by atoms with van der Waals surface area (Å²) >= 11 is 1.47. The SMILES string of the molecule is CCNCCc1ccc(-c2c(OC)cc(C)c3[nH]c(=O)c4sccc4c23)cc1. The minimum atomic E-state index is -0.0320. The molecule has 0 spiro atoms. The van der Waals surface area contributed by atoms with Crippen LogP contribution >= 0.6 is 11.3 Å². The molecule has 0 radical (unpaired) electrons. The molecule has 5 heteroatoms. The van der Waals surface area contributed by atoms with Crippen LogP contribution in [0.25, 0.3) is 32.1 Å². The Kier molecular flexibility index (Phi) is 5.20. The predicted molar refractivity (Wildman–Crippen MR) is 119 cm³/mol. The highest BCUT2D eigenvalue weighted by atomic mass is 32.1. The zero-order valence-electron chi connectivity index (χ0n) is 16.4. The number of aromatic amines is 1. The van der Waals surface area contributed by atoms with E-state index in [1.165, 1.54) is 16.9 Å². The summed E-state index contributed by atoms with van der Waals surface area (Å²) in [5, 5.41) is 7.37. The third kappa shape index (κ3) is 3.21. The van der Waals surface area contributed by atoms with Crippen LogP contribution in [-0.4, -0.2) is 25.2 Å². The fourth-order valence-electron chi connectivity index (χ4n) is 3.76. The average Bonchev–Trinajstić information content (AvgIpc) is 3.20. The first-order valence-corrected chi connectivity index (χ1v) is 10.4. The van der Waals surface area contributed by atoms with Crippen molar-refractivity contribution in [1.82, 2.24) is 10.3 Å². The van der Waals surface area contributed by atoms with Crippen LogP contribution in [0, 0.1) is 6.92 Å². The first kappa shape index (κ1) is 18.7. The molecule has 0 atom stereocenters.